The molecule has 4 nitrogen and oxygen atoms in total. The van der Waals surface area contributed by atoms with Crippen molar-refractivity contribution >= 4 is 0 Å². The molecule has 5 heteroatoms. The summed E-state index contributed by atoms with van der Waals surface area (Å²) in [6.07, 6.45) is 0. The van der Waals surface area contributed by atoms with Crippen LogP contribution in [0.1, 0.15) is 0 Å². The Morgan fingerprint density at radius 3 is 1.82 bits per heavy atom. The van der Waals surface area contributed by atoms with Crippen LogP contribution < -0.4 is 10.6 Å². The van der Waals surface area contributed by atoms with Crippen molar-refractivity contribution in [2.75, 3.05) is 40.4 Å². The van der Waals surface area contributed by atoms with E-state index in [1.807, 2.05) is 14.1 Å². The van der Waals surface area contributed by atoms with Crippen LogP contribution in [0.25, 0.3) is 0 Å². The van der Waals surface area contributed by atoms with E-state index in [1.54, 1.807) is 0 Å². The number of nitrogens with one attached hydrogen (secondary N) is 2. The molecule has 0 bridgehead atoms. The fourth-order valence-electron chi connectivity index (χ4n) is 0.341. The van der Waals surface area contributed by atoms with Crippen molar-refractivity contribution in [3.63, 3.8) is 0 Å². The first kappa shape index (κ1) is 11.4. The van der Waals surface area contributed by atoms with Crippen LogP contribution in [0.2, 0.25) is 0 Å². The van der Waals surface area contributed by atoms with Crippen LogP contribution >= 0.6 is 0 Å². The topological polar surface area (TPSA) is 42.5 Å². The van der Waals surface area contributed by atoms with Gasteiger partial charge in [-0.05, 0) is 0 Å². The molecule has 11 heavy (non-hydrogen) atoms. The molecule has 0 aliphatic rings. The summed E-state index contributed by atoms with van der Waals surface area (Å²) in [5.41, 5.74) is 0. The van der Waals surface area contributed by atoms with Crippen molar-refractivity contribution in [2.45, 2.75) is 0 Å². The fourth-order valence-corrected chi connectivity index (χ4v) is 0.769. The molecule has 0 aromatic carbocycles. The van der Waals surface area contributed by atoms with Gasteiger partial charge < -0.3 is 0 Å². The molecule has 2 N–H and O–H groups in total. The molecule has 0 saturated carbocycles. The predicted molar refractivity (Wildman–Crippen MR) is 39.8 cm³/mol. The average Bonchev–Trinajstić information content (AvgIpc) is 2.03. The molecule has 0 radical (unpaired) electrons. The summed E-state index contributed by atoms with van der Waals surface area (Å²) in [7, 11) is 3.77. The maximum absolute atomic E-state index is 5.01. The quantitative estimate of drug-likeness (QED) is 0.415. The van der Waals surface area contributed by atoms with E-state index in [-0.39, 0.29) is 0 Å². The van der Waals surface area contributed by atoms with Gasteiger partial charge in [-0.1, -0.05) is 0 Å². The first-order valence-electron chi connectivity index (χ1n) is 3.53. The molecule has 0 spiro atoms. The Hall–Kier alpha value is 0.359. The number of rotatable bonds is 8. The SMILES string of the molecule is CNCC[O][Cu][O]CCNC. The van der Waals surface area contributed by atoms with Crippen LogP contribution in [0, 0.1) is 0 Å². The monoisotopic (exact) mass is 211 g/mol. The van der Waals surface area contributed by atoms with E-state index >= 15 is 0 Å². The van der Waals surface area contributed by atoms with Gasteiger partial charge in [0.1, 0.15) is 0 Å². The minimum atomic E-state index is 0.663. The molecule has 0 aromatic heterocycles. The van der Waals surface area contributed by atoms with E-state index in [0.29, 0.717) is 13.2 Å². The third-order valence-electron chi connectivity index (χ3n) is 0.898. The molecule has 0 aliphatic heterocycles. The minimum absolute atomic E-state index is 0.663. The summed E-state index contributed by atoms with van der Waals surface area (Å²) in [4.78, 5) is 0. The summed E-state index contributed by atoms with van der Waals surface area (Å²) in [5.74, 6) is 0. The van der Waals surface area contributed by atoms with Gasteiger partial charge in [0.2, 0.25) is 0 Å². The van der Waals surface area contributed by atoms with E-state index in [1.165, 1.54) is 0 Å². The third kappa shape index (κ3) is 10.4. The molecular weight excluding hydrogens is 196 g/mol. The van der Waals surface area contributed by atoms with Gasteiger partial charge in [-0.2, -0.15) is 0 Å². The van der Waals surface area contributed by atoms with Crippen molar-refractivity contribution in [1.29, 1.82) is 0 Å². The number of likely N-dealkylation sites (N-methyl/N-ethyl adjacent to an activating group) is 2. The first-order chi connectivity index (χ1) is 5.41. The van der Waals surface area contributed by atoms with E-state index in [0.717, 1.165) is 28.7 Å². The van der Waals surface area contributed by atoms with Crippen LogP contribution in [0.5, 0.6) is 0 Å². The molecule has 0 aromatic rings. The van der Waals surface area contributed by atoms with Gasteiger partial charge in [-0.25, -0.2) is 0 Å². The second kappa shape index (κ2) is 10.4. The Kier molecular flexibility index (Phi) is 10.7. The zero-order chi connectivity index (χ0) is 8.36. The predicted octanol–water partition coefficient (Wildman–Crippen LogP) is -0.629. The molecule has 0 rings (SSSR count). The Morgan fingerprint density at radius 2 is 1.45 bits per heavy atom. The number of hydrogen-bond donors (Lipinski definition) is 2. The molecule has 0 fully saturated rings. The summed E-state index contributed by atoms with van der Waals surface area (Å²) < 4.78 is 10.0. The Labute approximate surface area is 74.8 Å². The molecular formula is C6H16CuN2O2. The van der Waals surface area contributed by atoms with E-state index in [9.17, 15) is 0 Å². The fraction of sp³-hybridized carbons (Fsp3) is 1.00. The molecule has 0 heterocycles. The molecule has 0 amide bonds. The van der Waals surface area contributed by atoms with Crippen LogP contribution in [-0.2, 0) is 23.3 Å². The Morgan fingerprint density at radius 1 is 1.00 bits per heavy atom. The van der Waals surface area contributed by atoms with Gasteiger partial charge >= 0.3 is 74.3 Å². The summed E-state index contributed by atoms with van der Waals surface area (Å²) in [5, 5.41) is 5.92. The van der Waals surface area contributed by atoms with Crippen molar-refractivity contribution in [3.8, 4) is 0 Å². The Balaban J connectivity index is 2.69. The normalized spacial score (nSPS) is 10.7. The second-order valence-electron chi connectivity index (χ2n) is 1.84. The summed E-state index contributed by atoms with van der Waals surface area (Å²) >= 11 is 1.14. The van der Waals surface area contributed by atoms with Crippen LogP contribution in [-0.4, -0.2) is 40.4 Å². The van der Waals surface area contributed by atoms with E-state index < -0.39 is 0 Å². The van der Waals surface area contributed by atoms with Gasteiger partial charge in [0, 0.05) is 0 Å². The van der Waals surface area contributed by atoms with Gasteiger partial charge in [-0.15, -0.1) is 0 Å². The van der Waals surface area contributed by atoms with Crippen molar-refractivity contribution in [1.82, 2.24) is 10.6 Å². The molecule has 0 atom stereocenters. The van der Waals surface area contributed by atoms with E-state index in [4.69, 9.17) is 7.64 Å². The molecule has 0 aliphatic carbocycles. The van der Waals surface area contributed by atoms with E-state index in [2.05, 4.69) is 10.6 Å². The van der Waals surface area contributed by atoms with Gasteiger partial charge in [0.25, 0.3) is 0 Å². The van der Waals surface area contributed by atoms with Crippen LogP contribution in [0.15, 0.2) is 0 Å². The maximum atomic E-state index is 5.01. The van der Waals surface area contributed by atoms with Gasteiger partial charge in [0.05, 0.1) is 0 Å². The summed E-state index contributed by atoms with van der Waals surface area (Å²) in [6, 6.07) is 0. The standard InChI is InChI=1S/2C3H8NO.Cu/c2*1-4-2-3-5;/h2*4H,2-3H2,1H3;/q2*-1;+2. The van der Waals surface area contributed by atoms with Crippen molar-refractivity contribution in [3.05, 3.63) is 0 Å². The van der Waals surface area contributed by atoms with Crippen LogP contribution in [0.3, 0.4) is 0 Å². The third-order valence-corrected chi connectivity index (χ3v) is 1.50. The zero-order valence-electron chi connectivity index (χ0n) is 6.95. The number of hydrogen-bond acceptors (Lipinski definition) is 4. The molecule has 73 valence electrons. The summed E-state index contributed by atoms with van der Waals surface area (Å²) in [6.45, 7) is 3.02. The molecule has 0 unspecified atom stereocenters. The molecule has 0 saturated heterocycles. The first-order valence-corrected chi connectivity index (χ1v) is 4.30. The van der Waals surface area contributed by atoms with Crippen LogP contribution in [0.4, 0.5) is 0 Å². The zero-order valence-corrected chi connectivity index (χ0v) is 7.89. The van der Waals surface area contributed by atoms with Crippen molar-refractivity contribution < 1.29 is 23.3 Å². The Bertz CT molecular complexity index is 67.6. The second-order valence-corrected chi connectivity index (χ2v) is 2.54. The average molecular weight is 212 g/mol. The van der Waals surface area contributed by atoms with Crippen molar-refractivity contribution in [2.24, 2.45) is 0 Å². The van der Waals surface area contributed by atoms with Gasteiger partial charge in [0.15, 0.2) is 0 Å². The van der Waals surface area contributed by atoms with Gasteiger partial charge in [-0.3, -0.25) is 0 Å².